The SMILES string of the molecule is [N-]=[N+]=NC(=O)OCCCCCCCCC1CO1. The number of azide groups is 1. The van der Waals surface area contributed by atoms with Crippen molar-refractivity contribution >= 4 is 6.09 Å². The minimum atomic E-state index is -0.836. The predicted molar refractivity (Wildman–Crippen MR) is 62.6 cm³/mol. The molecule has 1 aliphatic rings. The number of epoxide rings is 1. The Balaban J connectivity index is 1.74. The summed E-state index contributed by atoms with van der Waals surface area (Å²) in [4.78, 5) is 13.0. The summed E-state index contributed by atoms with van der Waals surface area (Å²) in [5.41, 5.74) is 7.95. The molecule has 0 saturated carbocycles. The van der Waals surface area contributed by atoms with Crippen LogP contribution in [0.5, 0.6) is 0 Å². The summed E-state index contributed by atoms with van der Waals surface area (Å²) in [5, 5.41) is 2.81. The monoisotopic (exact) mass is 241 g/mol. The van der Waals surface area contributed by atoms with Crippen molar-refractivity contribution in [3.05, 3.63) is 10.4 Å². The number of carbonyl (C=O) groups excluding carboxylic acids is 1. The van der Waals surface area contributed by atoms with Crippen molar-refractivity contribution in [1.29, 1.82) is 0 Å². The van der Waals surface area contributed by atoms with E-state index in [-0.39, 0.29) is 0 Å². The third-order valence-corrected chi connectivity index (χ3v) is 2.67. The van der Waals surface area contributed by atoms with Crippen LogP contribution in [-0.2, 0) is 9.47 Å². The first kappa shape index (κ1) is 13.8. The maximum atomic E-state index is 10.6. The molecule has 0 radical (unpaired) electrons. The van der Waals surface area contributed by atoms with E-state index in [4.69, 9.17) is 10.3 Å². The highest BCUT2D eigenvalue weighted by Crippen LogP contribution is 2.17. The van der Waals surface area contributed by atoms with E-state index in [0.29, 0.717) is 12.7 Å². The van der Waals surface area contributed by atoms with Crippen LogP contribution < -0.4 is 0 Å². The van der Waals surface area contributed by atoms with Gasteiger partial charge in [0.15, 0.2) is 0 Å². The summed E-state index contributed by atoms with van der Waals surface area (Å²) in [6, 6.07) is 0. The Morgan fingerprint density at radius 1 is 1.29 bits per heavy atom. The predicted octanol–water partition coefficient (Wildman–Crippen LogP) is 3.56. The van der Waals surface area contributed by atoms with Gasteiger partial charge in [-0.25, -0.2) is 4.79 Å². The zero-order valence-corrected chi connectivity index (χ0v) is 10.0. The lowest BCUT2D eigenvalue weighted by atomic mass is 10.1. The standard InChI is InChI=1S/C11H19N3O3/c12-14-13-11(15)16-8-6-4-2-1-3-5-7-10-9-17-10/h10H,1-9H2. The third-order valence-electron chi connectivity index (χ3n) is 2.67. The van der Waals surface area contributed by atoms with E-state index < -0.39 is 6.09 Å². The molecular formula is C11H19N3O3. The number of rotatable bonds is 9. The molecular weight excluding hydrogens is 222 g/mol. The molecule has 1 aliphatic heterocycles. The van der Waals surface area contributed by atoms with Gasteiger partial charge in [0.25, 0.3) is 0 Å². The van der Waals surface area contributed by atoms with E-state index in [0.717, 1.165) is 25.9 Å². The maximum Gasteiger partial charge on any atom is 0.396 e. The van der Waals surface area contributed by atoms with E-state index in [2.05, 4.69) is 14.8 Å². The average molecular weight is 241 g/mol. The van der Waals surface area contributed by atoms with Crippen molar-refractivity contribution < 1.29 is 14.3 Å². The normalized spacial score (nSPS) is 17.3. The number of nitrogens with zero attached hydrogens (tertiary/aromatic N) is 3. The quantitative estimate of drug-likeness (QED) is 0.203. The van der Waals surface area contributed by atoms with Gasteiger partial charge in [0, 0.05) is 10.0 Å². The molecule has 6 nitrogen and oxygen atoms in total. The lowest BCUT2D eigenvalue weighted by molar-refractivity contribution is 0.154. The molecule has 1 rings (SSSR count). The second-order valence-electron chi connectivity index (χ2n) is 4.17. The number of unbranched alkanes of at least 4 members (excludes halogenated alkanes) is 5. The highest BCUT2D eigenvalue weighted by atomic mass is 16.6. The van der Waals surface area contributed by atoms with Crippen molar-refractivity contribution in [2.24, 2.45) is 5.11 Å². The minimum Gasteiger partial charge on any atom is -0.461 e. The van der Waals surface area contributed by atoms with Gasteiger partial charge in [0.1, 0.15) is 0 Å². The number of carbonyl (C=O) groups is 1. The van der Waals surface area contributed by atoms with Crippen molar-refractivity contribution in [2.45, 2.75) is 51.0 Å². The topological polar surface area (TPSA) is 87.6 Å². The molecule has 1 amide bonds. The summed E-state index contributed by atoms with van der Waals surface area (Å²) >= 11 is 0. The molecule has 17 heavy (non-hydrogen) atoms. The molecule has 1 unspecified atom stereocenters. The van der Waals surface area contributed by atoms with E-state index in [1.165, 1.54) is 25.7 Å². The van der Waals surface area contributed by atoms with Crippen LogP contribution in [0.3, 0.4) is 0 Å². The summed E-state index contributed by atoms with van der Waals surface area (Å²) in [7, 11) is 0. The van der Waals surface area contributed by atoms with Gasteiger partial charge in [-0.2, -0.15) is 0 Å². The fraction of sp³-hybridized carbons (Fsp3) is 0.909. The fourth-order valence-corrected chi connectivity index (χ4v) is 1.64. The molecule has 1 atom stereocenters. The molecule has 0 aromatic carbocycles. The molecule has 0 bridgehead atoms. The van der Waals surface area contributed by atoms with E-state index in [9.17, 15) is 4.79 Å². The van der Waals surface area contributed by atoms with Crippen molar-refractivity contribution in [3.8, 4) is 0 Å². The van der Waals surface area contributed by atoms with Crippen molar-refractivity contribution in [2.75, 3.05) is 13.2 Å². The molecule has 6 heteroatoms. The molecule has 1 fully saturated rings. The Labute approximate surface area is 101 Å². The zero-order chi connectivity index (χ0) is 12.3. The van der Waals surface area contributed by atoms with Gasteiger partial charge in [-0.05, 0) is 18.4 Å². The first-order valence-corrected chi connectivity index (χ1v) is 6.16. The number of ether oxygens (including phenoxy) is 2. The summed E-state index contributed by atoms with van der Waals surface area (Å²) < 4.78 is 9.80. The van der Waals surface area contributed by atoms with E-state index >= 15 is 0 Å². The maximum absolute atomic E-state index is 10.6. The Morgan fingerprint density at radius 2 is 1.94 bits per heavy atom. The Kier molecular flexibility index (Phi) is 7.18. The smallest absolute Gasteiger partial charge is 0.396 e. The molecule has 1 saturated heterocycles. The fourth-order valence-electron chi connectivity index (χ4n) is 1.64. The molecule has 0 N–H and O–H groups in total. The molecule has 0 spiro atoms. The van der Waals surface area contributed by atoms with Crippen LogP contribution in [0.2, 0.25) is 0 Å². The number of hydrogen-bond donors (Lipinski definition) is 0. The van der Waals surface area contributed by atoms with E-state index in [1.807, 2.05) is 0 Å². The van der Waals surface area contributed by atoms with Gasteiger partial charge in [0.2, 0.25) is 0 Å². The van der Waals surface area contributed by atoms with Gasteiger partial charge in [-0.1, -0.05) is 32.1 Å². The Hall–Kier alpha value is -1.26. The molecule has 96 valence electrons. The van der Waals surface area contributed by atoms with Gasteiger partial charge in [-0.15, -0.1) is 0 Å². The van der Waals surface area contributed by atoms with Gasteiger partial charge < -0.3 is 9.47 Å². The molecule has 0 aromatic heterocycles. The Morgan fingerprint density at radius 3 is 2.59 bits per heavy atom. The second-order valence-corrected chi connectivity index (χ2v) is 4.17. The highest BCUT2D eigenvalue weighted by molar-refractivity contribution is 5.67. The summed E-state index contributed by atoms with van der Waals surface area (Å²) in [5.74, 6) is 0. The van der Waals surface area contributed by atoms with Crippen molar-refractivity contribution in [3.63, 3.8) is 0 Å². The third kappa shape index (κ3) is 8.54. The van der Waals surface area contributed by atoms with E-state index in [1.54, 1.807) is 0 Å². The molecule has 1 heterocycles. The number of hydrogen-bond acceptors (Lipinski definition) is 3. The van der Waals surface area contributed by atoms with Crippen LogP contribution >= 0.6 is 0 Å². The van der Waals surface area contributed by atoms with Gasteiger partial charge >= 0.3 is 6.09 Å². The van der Waals surface area contributed by atoms with Gasteiger partial charge in [-0.3, -0.25) is 0 Å². The minimum absolute atomic E-state index is 0.341. The number of amides is 1. The van der Waals surface area contributed by atoms with Crippen LogP contribution in [-0.4, -0.2) is 25.4 Å². The molecule has 0 aromatic rings. The first-order chi connectivity index (χ1) is 8.33. The van der Waals surface area contributed by atoms with Crippen molar-refractivity contribution in [1.82, 2.24) is 0 Å². The van der Waals surface area contributed by atoms with Crippen LogP contribution in [0.25, 0.3) is 10.4 Å². The lowest BCUT2D eigenvalue weighted by Gasteiger charge is -2.01. The molecule has 0 aliphatic carbocycles. The second kappa shape index (κ2) is 8.84. The van der Waals surface area contributed by atoms with Crippen LogP contribution in [0.15, 0.2) is 5.11 Å². The van der Waals surface area contributed by atoms with Crippen LogP contribution in [0, 0.1) is 0 Å². The Bertz CT molecular complexity index is 273. The first-order valence-electron chi connectivity index (χ1n) is 6.16. The van der Waals surface area contributed by atoms with Gasteiger partial charge in [0.05, 0.1) is 19.3 Å². The average Bonchev–Trinajstić information content (AvgIpc) is 3.11. The van der Waals surface area contributed by atoms with Crippen LogP contribution in [0.1, 0.15) is 44.9 Å². The lowest BCUT2D eigenvalue weighted by Crippen LogP contribution is -1.99. The summed E-state index contributed by atoms with van der Waals surface area (Å²) in [6.45, 7) is 1.30. The largest absolute Gasteiger partial charge is 0.461 e. The van der Waals surface area contributed by atoms with Crippen LogP contribution in [0.4, 0.5) is 4.79 Å². The zero-order valence-electron chi connectivity index (χ0n) is 10.0. The highest BCUT2D eigenvalue weighted by Gasteiger charge is 2.20. The summed E-state index contributed by atoms with van der Waals surface area (Å²) in [6.07, 6.45) is 7.66.